The third kappa shape index (κ3) is 24.4. The van der Waals surface area contributed by atoms with Crippen molar-refractivity contribution < 1.29 is 58.5 Å². The molecule has 0 radical (unpaired) electrons. The van der Waals surface area contributed by atoms with E-state index in [2.05, 4.69) is 55.4 Å². The molecule has 0 unspecified atom stereocenters. The van der Waals surface area contributed by atoms with E-state index in [9.17, 15) is 14.4 Å². The molecule has 0 fully saturated rings. The fourth-order valence-corrected chi connectivity index (χ4v) is 3.65. The fraction of sp³-hybridized carbons (Fsp3) is 0.133. The minimum Gasteiger partial charge on any atom is -0.504 e. The minimum atomic E-state index is -1.06. The second-order valence-corrected chi connectivity index (χ2v) is 11.2. The number of esters is 1. The average Bonchev–Trinajstić information content (AvgIpc) is 3.22. The average molecular weight is 862 g/mol. The molecule has 0 saturated carbocycles. The second-order valence-electron chi connectivity index (χ2n) is 10.6. The van der Waals surface area contributed by atoms with E-state index in [0.717, 1.165) is 23.0 Å². The third-order valence-corrected chi connectivity index (χ3v) is 6.52. The van der Waals surface area contributed by atoms with Crippen LogP contribution >= 0.6 is 15.9 Å². The van der Waals surface area contributed by atoms with Crippen molar-refractivity contribution in [1.82, 2.24) is 0 Å². The smallest absolute Gasteiger partial charge is 0.331 e. The van der Waals surface area contributed by atoms with E-state index in [1.807, 2.05) is 6.07 Å². The van der Waals surface area contributed by atoms with Crippen molar-refractivity contribution >= 4 is 52.1 Å². The number of carboxylic acids is 2. The number of rotatable bonds is 21. The van der Waals surface area contributed by atoms with Gasteiger partial charge in [-0.1, -0.05) is 103 Å². The van der Waals surface area contributed by atoms with Crippen LogP contribution in [0, 0.1) is 0 Å². The Balaban J connectivity index is 0.000000822. The Hall–Kier alpha value is -6.99. The van der Waals surface area contributed by atoms with Crippen molar-refractivity contribution in [1.29, 1.82) is 0 Å². The topological polar surface area (TPSA) is 178 Å². The second kappa shape index (κ2) is 32.3. The summed E-state index contributed by atoms with van der Waals surface area (Å²) in [5.74, 6) is -0.700. The highest BCUT2D eigenvalue weighted by molar-refractivity contribution is 9.09. The number of carboxylic acid groups (broad SMARTS) is 2. The van der Waals surface area contributed by atoms with E-state index >= 15 is 0 Å². The van der Waals surface area contributed by atoms with Crippen LogP contribution in [0.4, 0.5) is 0 Å². The monoisotopic (exact) mass is 860 g/mol. The van der Waals surface area contributed by atoms with Crippen molar-refractivity contribution in [3.05, 3.63) is 165 Å². The molecule has 308 valence electrons. The molecule has 0 aromatic heterocycles. The predicted molar refractivity (Wildman–Crippen MR) is 233 cm³/mol. The molecule has 0 aliphatic carbocycles. The summed E-state index contributed by atoms with van der Waals surface area (Å²) in [4.78, 5) is 32.0. The summed E-state index contributed by atoms with van der Waals surface area (Å²) in [5.41, 5.74) is 2.02. The maximum absolute atomic E-state index is 11.4. The van der Waals surface area contributed by atoms with E-state index < -0.39 is 17.9 Å². The van der Waals surface area contributed by atoms with Gasteiger partial charge in [0.25, 0.3) is 0 Å². The molecule has 3 aromatic carbocycles. The number of aromatic hydroxyl groups is 2. The Labute approximate surface area is 347 Å². The number of hydrogen-bond acceptors (Lipinski definition) is 10. The van der Waals surface area contributed by atoms with Crippen molar-refractivity contribution in [3.8, 4) is 34.5 Å². The fourth-order valence-electron chi connectivity index (χ4n) is 3.65. The lowest BCUT2D eigenvalue weighted by Crippen LogP contribution is -2.00. The van der Waals surface area contributed by atoms with Crippen LogP contribution in [0.5, 0.6) is 34.5 Å². The van der Waals surface area contributed by atoms with Gasteiger partial charge in [0, 0.05) is 23.6 Å². The van der Waals surface area contributed by atoms with Gasteiger partial charge in [0.15, 0.2) is 34.5 Å². The van der Waals surface area contributed by atoms with E-state index in [-0.39, 0.29) is 18.1 Å². The predicted octanol–water partition coefficient (Wildman–Crippen LogP) is 9.24. The zero-order valence-corrected chi connectivity index (χ0v) is 33.6. The molecule has 58 heavy (non-hydrogen) atoms. The number of carbonyl (C=O) groups excluding carboxylic acids is 1. The van der Waals surface area contributed by atoms with Gasteiger partial charge >= 0.3 is 17.9 Å². The van der Waals surface area contributed by atoms with Crippen LogP contribution in [0.1, 0.15) is 16.7 Å². The maximum Gasteiger partial charge on any atom is 0.331 e. The van der Waals surface area contributed by atoms with Gasteiger partial charge < -0.3 is 44.1 Å². The first-order valence-corrected chi connectivity index (χ1v) is 18.2. The molecule has 0 amide bonds. The molecule has 0 bridgehead atoms. The zero-order valence-electron chi connectivity index (χ0n) is 32.0. The summed E-state index contributed by atoms with van der Waals surface area (Å²) in [5, 5.41) is 35.7. The van der Waals surface area contributed by atoms with E-state index in [4.69, 9.17) is 44.1 Å². The summed E-state index contributed by atoms with van der Waals surface area (Å²) in [6, 6.07) is 14.6. The number of phenols is 2. The molecule has 0 spiro atoms. The Bertz CT molecular complexity index is 1890. The van der Waals surface area contributed by atoms with Crippen LogP contribution in [-0.2, 0) is 19.1 Å². The normalized spacial score (nSPS) is 9.88. The largest absolute Gasteiger partial charge is 0.504 e. The maximum atomic E-state index is 11.4. The van der Waals surface area contributed by atoms with Gasteiger partial charge in [-0.25, -0.2) is 14.4 Å². The minimum absolute atomic E-state index is 0.186. The van der Waals surface area contributed by atoms with Crippen molar-refractivity contribution in [2.24, 2.45) is 0 Å². The van der Waals surface area contributed by atoms with E-state index in [1.165, 1.54) is 42.5 Å². The summed E-state index contributed by atoms with van der Waals surface area (Å²) < 4.78 is 26.8. The molecule has 13 heteroatoms. The van der Waals surface area contributed by atoms with Crippen LogP contribution < -0.4 is 18.9 Å². The Morgan fingerprint density at radius 3 is 1.22 bits per heavy atom. The molecular formula is C45H49BrO12. The van der Waals surface area contributed by atoms with Gasteiger partial charge in [0.2, 0.25) is 0 Å². The highest BCUT2D eigenvalue weighted by atomic mass is 79.9. The summed E-state index contributed by atoms with van der Waals surface area (Å²) >= 11 is 3.13. The summed E-state index contributed by atoms with van der Waals surface area (Å²) in [6.45, 7) is 22.9. The molecule has 0 aliphatic rings. The first-order chi connectivity index (χ1) is 27.9. The molecule has 0 atom stereocenters. The van der Waals surface area contributed by atoms with Crippen LogP contribution in [-0.4, -0.2) is 76.7 Å². The molecule has 0 heterocycles. The molecule has 3 aromatic rings. The number of hydrogen-bond donors (Lipinski definition) is 4. The number of carbonyl (C=O) groups is 3. The lowest BCUT2D eigenvalue weighted by atomic mass is 10.2. The van der Waals surface area contributed by atoms with Gasteiger partial charge in [-0.3, -0.25) is 0 Å². The van der Waals surface area contributed by atoms with Gasteiger partial charge in [-0.15, -0.1) is 6.58 Å². The SMILES string of the molecule is C=CCBr.C=CCOC(=O)/C=C/c1ccc(OCC=C)c(OCC=C)c1.C=CCOc1ccc(/C=C/C(=O)O)cc1OCC=C.O=C(O)/C=C/c1ccc(O)c(O)c1. The number of benzene rings is 3. The van der Waals surface area contributed by atoms with Gasteiger partial charge in [-0.05, 0) is 71.3 Å². The Kier molecular flexibility index (Phi) is 28.4. The molecule has 3 rings (SSSR count). The molecule has 4 N–H and O–H groups in total. The number of allylic oxidation sites excluding steroid dienone is 1. The van der Waals surface area contributed by atoms with Gasteiger partial charge in [0.05, 0.1) is 0 Å². The van der Waals surface area contributed by atoms with Crippen LogP contribution in [0.25, 0.3) is 18.2 Å². The number of halogens is 1. The van der Waals surface area contributed by atoms with Crippen molar-refractivity contribution in [2.45, 2.75) is 0 Å². The first kappa shape index (κ1) is 51.0. The van der Waals surface area contributed by atoms with Crippen LogP contribution in [0.3, 0.4) is 0 Å². The Morgan fingerprint density at radius 2 is 0.862 bits per heavy atom. The number of phenolic OH excluding ortho intramolecular Hbond substituents is 2. The molecular weight excluding hydrogens is 812 g/mol. The molecule has 12 nitrogen and oxygen atoms in total. The van der Waals surface area contributed by atoms with Gasteiger partial charge in [0.1, 0.15) is 33.0 Å². The van der Waals surface area contributed by atoms with E-state index in [1.54, 1.807) is 66.8 Å². The lowest BCUT2D eigenvalue weighted by molar-refractivity contribution is -0.136. The zero-order chi connectivity index (χ0) is 43.6. The van der Waals surface area contributed by atoms with Crippen molar-refractivity contribution in [2.75, 3.05) is 38.4 Å². The van der Waals surface area contributed by atoms with Crippen LogP contribution in [0.2, 0.25) is 0 Å². The highest BCUT2D eigenvalue weighted by Crippen LogP contribution is 2.30. The van der Waals surface area contributed by atoms with Crippen molar-refractivity contribution in [3.63, 3.8) is 0 Å². The number of ether oxygens (including phenoxy) is 5. The summed E-state index contributed by atoms with van der Waals surface area (Å²) in [7, 11) is 0. The van der Waals surface area contributed by atoms with Crippen LogP contribution in [0.15, 0.2) is 149 Å². The van der Waals surface area contributed by atoms with Gasteiger partial charge in [-0.2, -0.15) is 0 Å². The highest BCUT2D eigenvalue weighted by Gasteiger charge is 2.07. The quantitative estimate of drug-likeness (QED) is 0.0263. The first-order valence-electron chi connectivity index (χ1n) is 17.1. The number of alkyl halides is 1. The standard InChI is InChI=1S/C18H20O4.C15H16O4.C9H8O4.C3H5Br/c1-4-11-20-16-9-7-15(14-17(16)21-12-5-2)8-10-18(19)22-13-6-3;1-3-9-18-13-7-5-12(6-8-15(16)17)11-14(13)19-10-4-2;10-7-3-1-6(5-8(7)11)2-4-9(12)13;1-2-3-4/h4-10,14H,1-3,11-13H2;3-8,11H,1-2,9-10H2,(H,16,17);1-5,10-11H,(H,12,13);2H,1,3H2/b10-8+;8-6+;4-2+;. The Morgan fingerprint density at radius 1 is 0.500 bits per heavy atom. The summed E-state index contributed by atoms with van der Waals surface area (Å²) in [6.07, 6.45) is 17.7. The molecule has 0 aliphatic heterocycles. The number of aliphatic carboxylic acids is 2. The third-order valence-electron chi connectivity index (χ3n) is 6.06. The lowest BCUT2D eigenvalue weighted by Gasteiger charge is -2.11. The molecule has 0 saturated heterocycles. The van der Waals surface area contributed by atoms with E-state index in [0.29, 0.717) is 60.6 Å².